The zero-order chi connectivity index (χ0) is 9.40. The molecule has 2 nitrogen and oxygen atoms in total. The number of carbonyl (C=O) groups excluding carboxylic acids is 1. The minimum Gasteiger partial charge on any atom is -0.461 e. The van der Waals surface area contributed by atoms with Crippen molar-refractivity contribution >= 4 is 5.97 Å². The first kappa shape index (κ1) is 11.0. The van der Waals surface area contributed by atoms with Crippen LogP contribution in [0.15, 0.2) is 24.3 Å². The molecule has 0 rings (SSSR count). The Labute approximate surface area is 73.9 Å². The molecule has 0 atom stereocenters. The number of ether oxygens (including phenoxy) is 1. The summed E-state index contributed by atoms with van der Waals surface area (Å²) in [7, 11) is 0. The van der Waals surface area contributed by atoms with Gasteiger partial charge in [-0.2, -0.15) is 0 Å². The van der Waals surface area contributed by atoms with Crippen molar-refractivity contribution in [1.29, 1.82) is 0 Å². The van der Waals surface area contributed by atoms with Crippen molar-refractivity contribution in [2.24, 2.45) is 5.92 Å². The molecule has 0 radical (unpaired) electrons. The minimum atomic E-state index is -0.153. The zero-order valence-electron chi connectivity index (χ0n) is 7.91. The van der Waals surface area contributed by atoms with Crippen molar-refractivity contribution in [3.05, 3.63) is 24.3 Å². The Morgan fingerprint density at radius 3 is 2.58 bits per heavy atom. The summed E-state index contributed by atoms with van der Waals surface area (Å²) in [6.07, 6.45) is 7.47. The Bertz CT molecular complexity index is 178. The topological polar surface area (TPSA) is 26.3 Å². The maximum Gasteiger partial charge on any atom is 0.308 e. The van der Waals surface area contributed by atoms with E-state index in [0.29, 0.717) is 6.61 Å². The van der Waals surface area contributed by atoms with Gasteiger partial charge < -0.3 is 4.74 Å². The van der Waals surface area contributed by atoms with Crippen LogP contribution in [-0.4, -0.2) is 12.6 Å². The molecule has 0 N–H and O–H groups in total. The molecule has 0 amide bonds. The molecule has 2 heteroatoms. The van der Waals surface area contributed by atoms with E-state index in [1.165, 1.54) is 0 Å². The summed E-state index contributed by atoms with van der Waals surface area (Å²) in [5.41, 5.74) is 0. The van der Waals surface area contributed by atoms with Gasteiger partial charge in [0.25, 0.3) is 0 Å². The highest BCUT2D eigenvalue weighted by molar-refractivity contribution is 5.71. The molecule has 0 aliphatic carbocycles. The number of allylic oxidation sites excluding steroid dienone is 3. The number of rotatable bonds is 4. The van der Waals surface area contributed by atoms with Gasteiger partial charge in [-0.15, -0.1) is 0 Å². The van der Waals surface area contributed by atoms with E-state index in [0.717, 1.165) is 0 Å². The van der Waals surface area contributed by atoms with Crippen LogP contribution in [0.1, 0.15) is 20.8 Å². The third-order valence-corrected chi connectivity index (χ3v) is 1.23. The minimum absolute atomic E-state index is 0.0416. The first-order valence-electron chi connectivity index (χ1n) is 4.13. The largest absolute Gasteiger partial charge is 0.461 e. The molecule has 0 spiro atoms. The highest BCUT2D eigenvalue weighted by Gasteiger charge is 2.05. The summed E-state index contributed by atoms with van der Waals surface area (Å²) in [4.78, 5) is 10.9. The van der Waals surface area contributed by atoms with Gasteiger partial charge in [0.05, 0.1) is 5.92 Å². The summed E-state index contributed by atoms with van der Waals surface area (Å²) in [6.45, 7) is 5.93. The fourth-order valence-corrected chi connectivity index (χ4v) is 0.542. The fraction of sp³-hybridized carbons (Fsp3) is 0.500. The SMILES string of the molecule is C/C=C/C=C\COC(=O)C(C)C. The third-order valence-electron chi connectivity index (χ3n) is 1.23. The normalized spacial score (nSPS) is 11.7. The van der Waals surface area contributed by atoms with Crippen molar-refractivity contribution in [2.45, 2.75) is 20.8 Å². The molecule has 0 unspecified atom stereocenters. The van der Waals surface area contributed by atoms with Crippen LogP contribution in [0.3, 0.4) is 0 Å². The highest BCUT2D eigenvalue weighted by atomic mass is 16.5. The van der Waals surface area contributed by atoms with Crippen LogP contribution < -0.4 is 0 Å². The van der Waals surface area contributed by atoms with Crippen molar-refractivity contribution in [1.82, 2.24) is 0 Å². The maximum atomic E-state index is 10.9. The van der Waals surface area contributed by atoms with Crippen LogP contribution in [0.5, 0.6) is 0 Å². The van der Waals surface area contributed by atoms with Gasteiger partial charge in [-0.3, -0.25) is 4.79 Å². The summed E-state index contributed by atoms with van der Waals surface area (Å²) < 4.78 is 4.89. The van der Waals surface area contributed by atoms with Crippen molar-refractivity contribution in [3.63, 3.8) is 0 Å². The lowest BCUT2D eigenvalue weighted by molar-refractivity contribution is -0.146. The molecular weight excluding hydrogens is 152 g/mol. The van der Waals surface area contributed by atoms with E-state index in [1.807, 2.05) is 39.0 Å². The Kier molecular flexibility index (Phi) is 6.07. The zero-order valence-corrected chi connectivity index (χ0v) is 7.91. The number of hydrogen-bond donors (Lipinski definition) is 0. The van der Waals surface area contributed by atoms with E-state index in [2.05, 4.69) is 0 Å². The molecule has 0 aliphatic heterocycles. The summed E-state index contributed by atoms with van der Waals surface area (Å²) in [6, 6.07) is 0. The molecule has 0 heterocycles. The van der Waals surface area contributed by atoms with Crippen LogP contribution in [0.4, 0.5) is 0 Å². The quantitative estimate of drug-likeness (QED) is 0.475. The van der Waals surface area contributed by atoms with E-state index in [4.69, 9.17) is 4.74 Å². The summed E-state index contributed by atoms with van der Waals surface area (Å²) in [5, 5.41) is 0. The molecule has 0 saturated carbocycles. The van der Waals surface area contributed by atoms with Crippen LogP contribution in [-0.2, 0) is 9.53 Å². The van der Waals surface area contributed by atoms with E-state index < -0.39 is 0 Å². The lowest BCUT2D eigenvalue weighted by Crippen LogP contribution is -2.11. The van der Waals surface area contributed by atoms with Gasteiger partial charge in [0.15, 0.2) is 0 Å². The van der Waals surface area contributed by atoms with Gasteiger partial charge in [0, 0.05) is 0 Å². The van der Waals surface area contributed by atoms with Gasteiger partial charge in [0.1, 0.15) is 6.61 Å². The molecule has 0 bridgehead atoms. The standard InChI is InChI=1S/C10H16O2/c1-4-5-6-7-8-12-10(11)9(2)3/h4-7,9H,8H2,1-3H3/b5-4+,7-6-. The molecule has 0 saturated heterocycles. The summed E-state index contributed by atoms with van der Waals surface area (Å²) >= 11 is 0. The van der Waals surface area contributed by atoms with Crippen molar-refractivity contribution in [2.75, 3.05) is 6.61 Å². The second kappa shape index (κ2) is 6.65. The molecule has 12 heavy (non-hydrogen) atoms. The van der Waals surface area contributed by atoms with Gasteiger partial charge in [0.2, 0.25) is 0 Å². The maximum absolute atomic E-state index is 10.9. The Hall–Kier alpha value is -1.05. The lowest BCUT2D eigenvalue weighted by Gasteiger charge is -2.02. The van der Waals surface area contributed by atoms with Gasteiger partial charge >= 0.3 is 5.97 Å². The number of hydrogen-bond acceptors (Lipinski definition) is 2. The van der Waals surface area contributed by atoms with E-state index in [9.17, 15) is 4.79 Å². The van der Waals surface area contributed by atoms with E-state index >= 15 is 0 Å². The number of carbonyl (C=O) groups is 1. The van der Waals surface area contributed by atoms with Gasteiger partial charge in [-0.05, 0) is 13.0 Å². The first-order valence-corrected chi connectivity index (χ1v) is 4.13. The monoisotopic (exact) mass is 168 g/mol. The smallest absolute Gasteiger partial charge is 0.308 e. The molecule has 0 aromatic rings. The van der Waals surface area contributed by atoms with E-state index in [-0.39, 0.29) is 11.9 Å². The predicted octanol–water partition coefficient (Wildman–Crippen LogP) is 2.32. The van der Waals surface area contributed by atoms with Crippen LogP contribution in [0, 0.1) is 5.92 Å². The Balaban J connectivity index is 3.50. The van der Waals surface area contributed by atoms with Crippen LogP contribution in [0.2, 0.25) is 0 Å². The van der Waals surface area contributed by atoms with Crippen LogP contribution in [0.25, 0.3) is 0 Å². The Morgan fingerprint density at radius 2 is 2.08 bits per heavy atom. The molecule has 0 aliphatic rings. The van der Waals surface area contributed by atoms with E-state index in [1.54, 1.807) is 6.08 Å². The average molecular weight is 168 g/mol. The fourth-order valence-electron chi connectivity index (χ4n) is 0.542. The lowest BCUT2D eigenvalue weighted by atomic mass is 10.2. The second-order valence-corrected chi connectivity index (χ2v) is 2.74. The first-order chi connectivity index (χ1) is 5.68. The van der Waals surface area contributed by atoms with Crippen LogP contribution >= 0.6 is 0 Å². The van der Waals surface area contributed by atoms with Gasteiger partial charge in [-0.25, -0.2) is 0 Å². The van der Waals surface area contributed by atoms with Crippen molar-refractivity contribution < 1.29 is 9.53 Å². The van der Waals surface area contributed by atoms with Gasteiger partial charge in [-0.1, -0.05) is 32.1 Å². The molecular formula is C10H16O2. The second-order valence-electron chi connectivity index (χ2n) is 2.74. The molecule has 0 aromatic heterocycles. The summed E-state index contributed by atoms with van der Waals surface area (Å²) in [5.74, 6) is -0.194. The highest BCUT2D eigenvalue weighted by Crippen LogP contribution is 1.95. The number of esters is 1. The molecule has 0 aromatic carbocycles. The van der Waals surface area contributed by atoms with Crippen molar-refractivity contribution in [3.8, 4) is 0 Å². The third kappa shape index (κ3) is 5.71. The predicted molar refractivity (Wildman–Crippen MR) is 49.8 cm³/mol. The molecule has 68 valence electrons. The Morgan fingerprint density at radius 1 is 1.42 bits per heavy atom. The average Bonchev–Trinajstić information content (AvgIpc) is 2.03. The molecule has 0 fully saturated rings.